The molecule has 0 aromatic heterocycles. The van der Waals surface area contributed by atoms with Crippen LogP contribution in [-0.2, 0) is 9.47 Å². The van der Waals surface area contributed by atoms with E-state index in [0.717, 1.165) is 0 Å². The molecule has 1 aliphatic rings. The lowest BCUT2D eigenvalue weighted by Crippen LogP contribution is -2.39. The molecule has 1 amide bonds. The maximum atomic E-state index is 12.2. The van der Waals surface area contributed by atoms with Crippen LogP contribution in [0.4, 0.5) is 0 Å². The predicted octanol–water partition coefficient (Wildman–Crippen LogP) is 1.63. The van der Waals surface area contributed by atoms with E-state index in [0.29, 0.717) is 56.6 Å². The van der Waals surface area contributed by atoms with Gasteiger partial charge in [0, 0.05) is 12.1 Å². The smallest absolute Gasteiger partial charge is 0.251 e. The van der Waals surface area contributed by atoms with Crippen LogP contribution in [0.15, 0.2) is 18.2 Å². The number of ether oxygens (including phenoxy) is 4. The van der Waals surface area contributed by atoms with Gasteiger partial charge in [-0.2, -0.15) is 0 Å². The predicted molar refractivity (Wildman–Crippen MR) is 81.7 cm³/mol. The quantitative estimate of drug-likeness (QED) is 0.829. The van der Waals surface area contributed by atoms with Crippen LogP contribution in [0.5, 0.6) is 11.5 Å². The van der Waals surface area contributed by atoms with E-state index in [-0.39, 0.29) is 12.0 Å². The van der Waals surface area contributed by atoms with Gasteiger partial charge in [0.2, 0.25) is 0 Å². The molecular weight excluding hydrogens is 286 g/mol. The Hall–Kier alpha value is -1.79. The largest absolute Gasteiger partial charge is 0.490 e. The third-order valence-corrected chi connectivity index (χ3v) is 3.18. The van der Waals surface area contributed by atoms with Crippen LogP contribution in [0.3, 0.4) is 0 Å². The lowest BCUT2D eigenvalue weighted by atomic mass is 10.2. The van der Waals surface area contributed by atoms with Gasteiger partial charge >= 0.3 is 0 Å². The molecule has 1 N–H and O–H groups in total. The highest BCUT2D eigenvalue weighted by Crippen LogP contribution is 2.28. The summed E-state index contributed by atoms with van der Waals surface area (Å²) in [6, 6.07) is 5.17. The summed E-state index contributed by atoms with van der Waals surface area (Å²) in [6.45, 7) is 6.97. The van der Waals surface area contributed by atoms with Crippen LogP contribution < -0.4 is 14.8 Å². The molecular formula is C16H23NO5. The average molecular weight is 309 g/mol. The van der Waals surface area contributed by atoms with Crippen molar-refractivity contribution in [3.63, 3.8) is 0 Å². The highest BCUT2D eigenvalue weighted by Gasteiger charge is 2.17. The number of hydrogen-bond donors (Lipinski definition) is 1. The normalized spacial score (nSPS) is 17.8. The third-order valence-electron chi connectivity index (χ3n) is 3.18. The van der Waals surface area contributed by atoms with Gasteiger partial charge < -0.3 is 24.3 Å². The summed E-state index contributed by atoms with van der Waals surface area (Å²) < 4.78 is 21.8. The molecule has 0 spiro atoms. The lowest BCUT2D eigenvalue weighted by Gasteiger charge is -2.23. The molecule has 1 heterocycles. The Balaban J connectivity index is 1.97. The van der Waals surface area contributed by atoms with Crippen molar-refractivity contribution < 1.29 is 23.7 Å². The van der Waals surface area contributed by atoms with Crippen LogP contribution in [0.2, 0.25) is 0 Å². The summed E-state index contributed by atoms with van der Waals surface area (Å²) in [4.78, 5) is 12.2. The van der Waals surface area contributed by atoms with Gasteiger partial charge in [0.15, 0.2) is 11.5 Å². The number of carbonyl (C=O) groups is 1. The first-order chi connectivity index (χ1) is 10.7. The number of hydrogen-bond acceptors (Lipinski definition) is 5. The fraction of sp³-hybridized carbons (Fsp3) is 0.562. The second kappa shape index (κ2) is 8.60. The van der Waals surface area contributed by atoms with Crippen molar-refractivity contribution in [1.82, 2.24) is 5.32 Å². The number of benzene rings is 1. The monoisotopic (exact) mass is 309 g/mol. The van der Waals surface area contributed by atoms with Gasteiger partial charge in [0.25, 0.3) is 5.91 Å². The van der Waals surface area contributed by atoms with Gasteiger partial charge in [-0.15, -0.1) is 0 Å². The number of rotatable bonds is 7. The molecule has 1 aliphatic heterocycles. The molecule has 1 saturated heterocycles. The number of amides is 1. The molecule has 22 heavy (non-hydrogen) atoms. The summed E-state index contributed by atoms with van der Waals surface area (Å²) in [7, 11) is 0. The molecule has 1 aromatic carbocycles. The molecule has 1 unspecified atom stereocenters. The number of carbonyl (C=O) groups excluding carboxylic acids is 1. The molecule has 0 saturated carbocycles. The SMILES string of the molecule is CCOc1ccc(C(=O)NCC2COCCO2)cc1OCC. The van der Waals surface area contributed by atoms with Gasteiger partial charge in [-0.25, -0.2) is 0 Å². The zero-order valence-corrected chi connectivity index (χ0v) is 13.1. The molecule has 1 atom stereocenters. The van der Waals surface area contributed by atoms with Crippen LogP contribution in [0, 0.1) is 0 Å². The fourth-order valence-electron chi connectivity index (χ4n) is 2.16. The molecule has 6 nitrogen and oxygen atoms in total. The number of nitrogens with one attached hydrogen (secondary N) is 1. The molecule has 0 radical (unpaired) electrons. The van der Waals surface area contributed by atoms with Crippen LogP contribution in [0.25, 0.3) is 0 Å². The molecule has 122 valence electrons. The van der Waals surface area contributed by atoms with Gasteiger partial charge in [-0.1, -0.05) is 0 Å². The molecule has 2 rings (SSSR count). The second-order valence-corrected chi connectivity index (χ2v) is 4.81. The van der Waals surface area contributed by atoms with E-state index in [9.17, 15) is 4.79 Å². The topological polar surface area (TPSA) is 66.0 Å². The Morgan fingerprint density at radius 3 is 2.68 bits per heavy atom. The van der Waals surface area contributed by atoms with Crippen molar-refractivity contribution in [1.29, 1.82) is 0 Å². The Morgan fingerprint density at radius 1 is 1.23 bits per heavy atom. The van der Waals surface area contributed by atoms with Crippen molar-refractivity contribution in [2.75, 3.05) is 39.6 Å². The molecule has 1 fully saturated rings. The first kappa shape index (κ1) is 16.6. The van der Waals surface area contributed by atoms with E-state index in [1.54, 1.807) is 18.2 Å². The van der Waals surface area contributed by atoms with Crippen molar-refractivity contribution in [2.24, 2.45) is 0 Å². The lowest BCUT2D eigenvalue weighted by molar-refractivity contribution is -0.0855. The standard InChI is InChI=1S/C16H23NO5/c1-3-20-14-6-5-12(9-15(14)21-4-2)16(18)17-10-13-11-19-7-8-22-13/h5-6,9,13H,3-4,7-8,10-11H2,1-2H3,(H,17,18). The van der Waals surface area contributed by atoms with Crippen molar-refractivity contribution >= 4 is 5.91 Å². The average Bonchev–Trinajstić information content (AvgIpc) is 2.55. The highest BCUT2D eigenvalue weighted by atomic mass is 16.6. The van der Waals surface area contributed by atoms with E-state index in [1.807, 2.05) is 13.8 Å². The maximum Gasteiger partial charge on any atom is 0.251 e. The van der Waals surface area contributed by atoms with Crippen molar-refractivity contribution in [3.05, 3.63) is 23.8 Å². The minimum Gasteiger partial charge on any atom is -0.490 e. The van der Waals surface area contributed by atoms with Gasteiger partial charge in [-0.05, 0) is 32.0 Å². The fourth-order valence-corrected chi connectivity index (χ4v) is 2.16. The Bertz CT molecular complexity index is 485. The molecule has 1 aromatic rings. The van der Waals surface area contributed by atoms with Gasteiger partial charge in [-0.3, -0.25) is 4.79 Å². The van der Waals surface area contributed by atoms with Crippen molar-refractivity contribution in [3.8, 4) is 11.5 Å². The first-order valence-corrected chi connectivity index (χ1v) is 7.61. The van der Waals surface area contributed by atoms with Crippen LogP contribution in [0.1, 0.15) is 24.2 Å². The second-order valence-electron chi connectivity index (χ2n) is 4.81. The van der Waals surface area contributed by atoms with E-state index in [4.69, 9.17) is 18.9 Å². The maximum absolute atomic E-state index is 12.2. The third kappa shape index (κ3) is 4.61. The Kier molecular flexibility index (Phi) is 6.48. The Labute approximate surface area is 130 Å². The van der Waals surface area contributed by atoms with E-state index < -0.39 is 0 Å². The van der Waals surface area contributed by atoms with Gasteiger partial charge in [0.1, 0.15) is 0 Å². The van der Waals surface area contributed by atoms with Crippen molar-refractivity contribution in [2.45, 2.75) is 20.0 Å². The first-order valence-electron chi connectivity index (χ1n) is 7.61. The van der Waals surface area contributed by atoms with E-state index >= 15 is 0 Å². The zero-order valence-electron chi connectivity index (χ0n) is 13.1. The van der Waals surface area contributed by atoms with Crippen LogP contribution in [-0.4, -0.2) is 51.6 Å². The summed E-state index contributed by atoms with van der Waals surface area (Å²) in [5, 5.41) is 2.85. The highest BCUT2D eigenvalue weighted by molar-refractivity contribution is 5.94. The molecule has 6 heteroatoms. The van der Waals surface area contributed by atoms with Crippen LogP contribution >= 0.6 is 0 Å². The molecule has 0 bridgehead atoms. The summed E-state index contributed by atoms with van der Waals surface area (Å²) in [5.41, 5.74) is 0.531. The minimum atomic E-state index is -0.168. The summed E-state index contributed by atoms with van der Waals surface area (Å²) >= 11 is 0. The van der Waals surface area contributed by atoms with E-state index in [2.05, 4.69) is 5.32 Å². The summed E-state index contributed by atoms with van der Waals surface area (Å²) in [6.07, 6.45) is -0.0910. The van der Waals surface area contributed by atoms with E-state index in [1.165, 1.54) is 0 Å². The minimum absolute atomic E-state index is 0.0910. The molecule has 0 aliphatic carbocycles. The Morgan fingerprint density at radius 2 is 2.00 bits per heavy atom. The zero-order chi connectivity index (χ0) is 15.8. The summed E-state index contributed by atoms with van der Waals surface area (Å²) in [5.74, 6) is 1.05. The van der Waals surface area contributed by atoms with Gasteiger partial charge in [0.05, 0.1) is 39.1 Å².